The lowest BCUT2D eigenvalue weighted by Gasteiger charge is -2.20. The third kappa shape index (κ3) is 3.40. The van der Waals surface area contributed by atoms with Gasteiger partial charge in [0.15, 0.2) is 0 Å². The van der Waals surface area contributed by atoms with Gasteiger partial charge >= 0.3 is 0 Å². The second-order valence-electron chi connectivity index (χ2n) is 4.30. The average molecular weight is 352 g/mol. The highest BCUT2D eigenvalue weighted by atomic mass is 79.9. The average Bonchev–Trinajstić information content (AvgIpc) is 2.27. The number of sulfonamides is 1. The van der Waals surface area contributed by atoms with Crippen LogP contribution in [0, 0.1) is 11.6 Å². The zero-order chi connectivity index (χ0) is 14.0. The van der Waals surface area contributed by atoms with Gasteiger partial charge in [-0.1, -0.05) is 12.2 Å². The van der Waals surface area contributed by atoms with E-state index in [1.165, 1.54) is 0 Å². The molecule has 0 spiro atoms. The molecule has 1 aliphatic carbocycles. The molecular formula is C12H12BrF2NO2S. The third-order valence-electron chi connectivity index (χ3n) is 2.82. The number of rotatable bonds is 3. The fraction of sp³-hybridized carbons (Fsp3) is 0.333. The maximum Gasteiger partial charge on any atom is 0.244 e. The molecule has 1 N–H and O–H groups in total. The molecule has 7 heteroatoms. The maximum absolute atomic E-state index is 13.7. The Kier molecular flexibility index (Phi) is 4.37. The molecule has 0 radical (unpaired) electrons. The second-order valence-corrected chi connectivity index (χ2v) is 6.81. The van der Waals surface area contributed by atoms with Crippen LogP contribution in [0.3, 0.4) is 0 Å². The predicted octanol–water partition coefficient (Wildman–Crippen LogP) is 3.11. The summed E-state index contributed by atoms with van der Waals surface area (Å²) in [7, 11) is -4.01. The summed E-state index contributed by atoms with van der Waals surface area (Å²) in [5, 5.41) is 0. The molecule has 1 aromatic carbocycles. The van der Waals surface area contributed by atoms with Crippen LogP contribution in [-0.2, 0) is 10.0 Å². The molecule has 1 aromatic rings. The summed E-state index contributed by atoms with van der Waals surface area (Å²) < 4.78 is 53.2. The van der Waals surface area contributed by atoms with E-state index >= 15 is 0 Å². The molecule has 104 valence electrons. The Balaban J connectivity index is 2.32. The van der Waals surface area contributed by atoms with Crippen LogP contribution in [-0.4, -0.2) is 14.5 Å². The van der Waals surface area contributed by atoms with Gasteiger partial charge in [-0.3, -0.25) is 0 Å². The summed E-state index contributed by atoms with van der Waals surface area (Å²) >= 11 is 2.89. The lowest BCUT2D eigenvalue weighted by Crippen LogP contribution is -2.35. The Bertz CT molecular complexity index is 593. The molecule has 3 nitrogen and oxygen atoms in total. The van der Waals surface area contributed by atoms with Gasteiger partial charge < -0.3 is 0 Å². The van der Waals surface area contributed by atoms with Crippen molar-refractivity contribution in [2.24, 2.45) is 0 Å². The van der Waals surface area contributed by atoms with Gasteiger partial charge in [-0.05, 0) is 41.3 Å². The number of nitrogens with one attached hydrogen (secondary N) is 1. The molecule has 1 unspecified atom stereocenters. The predicted molar refractivity (Wildman–Crippen MR) is 71.2 cm³/mol. The number of benzene rings is 1. The summed E-state index contributed by atoms with van der Waals surface area (Å²) in [6, 6.07) is 1.23. The first-order valence-electron chi connectivity index (χ1n) is 5.72. The summed E-state index contributed by atoms with van der Waals surface area (Å²) in [6.07, 6.45) is 5.86. The molecule has 1 aliphatic rings. The largest absolute Gasteiger partial charge is 0.244 e. The normalized spacial score (nSPS) is 19.6. The van der Waals surface area contributed by atoms with Gasteiger partial charge in [0.2, 0.25) is 10.0 Å². The van der Waals surface area contributed by atoms with Crippen LogP contribution in [0.5, 0.6) is 0 Å². The topological polar surface area (TPSA) is 46.2 Å². The minimum Gasteiger partial charge on any atom is -0.208 e. The van der Waals surface area contributed by atoms with Gasteiger partial charge in [0.25, 0.3) is 0 Å². The molecule has 0 aromatic heterocycles. The molecule has 0 amide bonds. The zero-order valence-electron chi connectivity index (χ0n) is 9.87. The number of halogens is 3. The van der Waals surface area contributed by atoms with Gasteiger partial charge in [0.1, 0.15) is 16.5 Å². The summed E-state index contributed by atoms with van der Waals surface area (Å²) in [4.78, 5) is -0.552. The van der Waals surface area contributed by atoms with E-state index in [9.17, 15) is 17.2 Å². The van der Waals surface area contributed by atoms with Crippen molar-refractivity contribution in [3.8, 4) is 0 Å². The highest BCUT2D eigenvalue weighted by Crippen LogP contribution is 2.27. The van der Waals surface area contributed by atoms with E-state index in [4.69, 9.17) is 0 Å². The van der Waals surface area contributed by atoms with Crippen molar-refractivity contribution >= 4 is 26.0 Å². The lowest BCUT2D eigenvalue weighted by atomic mass is 10.0. The van der Waals surface area contributed by atoms with Gasteiger partial charge in [0, 0.05) is 16.6 Å². The molecular weight excluding hydrogens is 340 g/mol. The summed E-state index contributed by atoms with van der Waals surface area (Å²) in [5.41, 5.74) is 0. The molecule has 0 aliphatic heterocycles. The summed E-state index contributed by atoms with van der Waals surface area (Å²) in [5.74, 6) is -1.94. The van der Waals surface area contributed by atoms with Gasteiger partial charge in [-0.15, -0.1) is 0 Å². The molecule has 0 fully saturated rings. The van der Waals surface area contributed by atoms with Crippen LogP contribution in [0.15, 0.2) is 33.7 Å². The quantitative estimate of drug-likeness (QED) is 0.850. The van der Waals surface area contributed by atoms with E-state index in [1.807, 2.05) is 12.2 Å². The SMILES string of the molecule is O=S(=O)(NC1CC=CCC1)c1c(F)cc(F)cc1Br. The monoisotopic (exact) mass is 351 g/mol. The molecule has 1 atom stereocenters. The van der Waals surface area contributed by atoms with Crippen LogP contribution in [0.25, 0.3) is 0 Å². The molecule has 2 rings (SSSR count). The smallest absolute Gasteiger partial charge is 0.208 e. The highest BCUT2D eigenvalue weighted by Gasteiger charge is 2.26. The molecule has 19 heavy (non-hydrogen) atoms. The van der Waals surface area contributed by atoms with Crippen molar-refractivity contribution < 1.29 is 17.2 Å². The van der Waals surface area contributed by atoms with E-state index in [0.29, 0.717) is 18.9 Å². The van der Waals surface area contributed by atoms with E-state index in [-0.39, 0.29) is 10.5 Å². The van der Waals surface area contributed by atoms with Crippen molar-refractivity contribution in [2.45, 2.75) is 30.2 Å². The third-order valence-corrected chi connectivity index (χ3v) is 5.31. The standard InChI is InChI=1S/C12H12BrF2NO2S/c13-10-6-8(14)7-11(15)12(10)19(17,18)16-9-4-2-1-3-5-9/h1-2,6-7,9,16H,3-5H2. The van der Waals surface area contributed by atoms with Crippen LogP contribution in [0.2, 0.25) is 0 Å². The fourth-order valence-corrected chi connectivity index (χ4v) is 4.41. The minimum absolute atomic E-state index is 0.121. The van der Waals surface area contributed by atoms with Crippen LogP contribution in [0.4, 0.5) is 8.78 Å². The number of hydrogen-bond donors (Lipinski definition) is 1. The van der Waals surface area contributed by atoms with Crippen molar-refractivity contribution in [1.29, 1.82) is 0 Å². The van der Waals surface area contributed by atoms with Crippen molar-refractivity contribution in [2.75, 3.05) is 0 Å². The Morgan fingerprint density at radius 3 is 2.58 bits per heavy atom. The van der Waals surface area contributed by atoms with Crippen molar-refractivity contribution in [1.82, 2.24) is 4.72 Å². The van der Waals surface area contributed by atoms with Crippen molar-refractivity contribution in [3.63, 3.8) is 0 Å². The van der Waals surface area contributed by atoms with E-state index in [1.54, 1.807) is 0 Å². The van der Waals surface area contributed by atoms with Crippen LogP contribution < -0.4 is 4.72 Å². The molecule has 0 bridgehead atoms. The van der Waals surface area contributed by atoms with Crippen LogP contribution >= 0.6 is 15.9 Å². The van der Waals surface area contributed by atoms with E-state index in [0.717, 1.165) is 12.5 Å². The molecule has 0 heterocycles. The second kappa shape index (κ2) is 5.68. The Morgan fingerprint density at radius 1 is 1.26 bits per heavy atom. The molecule has 0 saturated carbocycles. The first-order chi connectivity index (χ1) is 8.90. The zero-order valence-corrected chi connectivity index (χ0v) is 12.3. The van der Waals surface area contributed by atoms with Gasteiger partial charge in [0.05, 0.1) is 0 Å². The minimum atomic E-state index is -4.01. The lowest BCUT2D eigenvalue weighted by molar-refractivity contribution is 0.510. The number of hydrogen-bond acceptors (Lipinski definition) is 2. The van der Waals surface area contributed by atoms with Gasteiger partial charge in [-0.25, -0.2) is 21.9 Å². The summed E-state index contributed by atoms with van der Waals surface area (Å²) in [6.45, 7) is 0. The Morgan fingerprint density at radius 2 is 2.00 bits per heavy atom. The fourth-order valence-electron chi connectivity index (χ4n) is 1.96. The van der Waals surface area contributed by atoms with Crippen LogP contribution in [0.1, 0.15) is 19.3 Å². The number of allylic oxidation sites excluding steroid dienone is 1. The maximum atomic E-state index is 13.7. The molecule has 0 saturated heterocycles. The Hall–Kier alpha value is -0.790. The van der Waals surface area contributed by atoms with Gasteiger partial charge in [-0.2, -0.15) is 0 Å². The van der Waals surface area contributed by atoms with E-state index < -0.39 is 26.6 Å². The highest BCUT2D eigenvalue weighted by molar-refractivity contribution is 9.10. The van der Waals surface area contributed by atoms with E-state index in [2.05, 4.69) is 20.7 Å². The van der Waals surface area contributed by atoms with Crippen molar-refractivity contribution in [3.05, 3.63) is 40.4 Å². The first kappa shape index (κ1) is 14.6. The Labute approximate surface area is 118 Å². The first-order valence-corrected chi connectivity index (χ1v) is 7.99.